The average molecular weight is 1060 g/mol. The van der Waals surface area contributed by atoms with E-state index in [0.29, 0.717) is 30.7 Å². The molecule has 0 aliphatic heterocycles. The van der Waals surface area contributed by atoms with Crippen LogP contribution in [0.2, 0.25) is 0 Å². The van der Waals surface area contributed by atoms with E-state index >= 15 is 0 Å². The molecule has 0 radical (unpaired) electrons. The van der Waals surface area contributed by atoms with Crippen molar-refractivity contribution in [1.82, 2.24) is 47.5 Å². The number of para-hydroxylation sites is 1. The van der Waals surface area contributed by atoms with Crippen LogP contribution < -0.4 is 59.7 Å². The molecule has 8 atom stereocenters. The molecule has 0 saturated heterocycles. The van der Waals surface area contributed by atoms with E-state index in [4.69, 9.17) is 17.2 Å². The van der Waals surface area contributed by atoms with Crippen LogP contribution in [0.15, 0.2) is 60.8 Å². The third-order valence-corrected chi connectivity index (χ3v) is 12.5. The average Bonchev–Trinajstić information content (AvgIpc) is 3.76. The molecule has 0 unspecified atom stereocenters. The number of nitrogens with two attached hydrogens (primary N) is 3. The molecular formula is C48H70N12O11S2. The Kier molecular flexibility index (Phi) is 25.7. The molecule has 9 amide bonds. The lowest BCUT2D eigenvalue weighted by atomic mass is 9.99. The number of carbonyl (C=O) groups is 10. The van der Waals surface area contributed by atoms with Gasteiger partial charge in [-0.1, -0.05) is 62.4 Å². The number of hydrogen-bond donors (Lipinski definition) is 14. The monoisotopic (exact) mass is 1050 g/mol. The second-order valence-electron chi connectivity index (χ2n) is 17.7. The van der Waals surface area contributed by atoms with Gasteiger partial charge in [0, 0.05) is 29.3 Å². The number of carboxylic acid groups (broad SMARTS) is 1. The van der Waals surface area contributed by atoms with Gasteiger partial charge in [0.2, 0.25) is 53.2 Å². The fraction of sp³-hybridized carbons (Fsp3) is 0.500. The van der Waals surface area contributed by atoms with E-state index in [-0.39, 0.29) is 31.4 Å². The molecule has 0 spiro atoms. The van der Waals surface area contributed by atoms with Gasteiger partial charge in [-0.3, -0.25) is 43.2 Å². The number of thioether (sulfide) groups is 1. The van der Waals surface area contributed by atoms with Crippen molar-refractivity contribution in [2.75, 3.05) is 30.9 Å². The molecule has 25 heteroatoms. The van der Waals surface area contributed by atoms with Crippen molar-refractivity contribution in [3.63, 3.8) is 0 Å². The Balaban J connectivity index is 1.65. The SMILES string of the molecule is CSCC[C@H](NC(=O)[C@H](C)NC(=O)[C@H](CC(N)=O)NC(=O)CNC(=O)[C@H](Cc1ccccc1)NC(=O)[C@@H](NC(=O)[C@@H](N)Cc1c[nH]c2ccccc12)C(C)C)C(=O)N[C@@H](CS)C(=O)N[C@@H](CCCCN)C(=O)O. The van der Waals surface area contributed by atoms with Crippen LogP contribution in [-0.4, -0.2) is 148 Å². The Morgan fingerprint density at radius 3 is 1.92 bits per heavy atom. The van der Waals surface area contributed by atoms with E-state index < -0.39 is 126 Å². The number of benzene rings is 2. The smallest absolute Gasteiger partial charge is 0.326 e. The van der Waals surface area contributed by atoms with Gasteiger partial charge in [-0.25, -0.2) is 4.79 Å². The molecule has 1 aromatic heterocycles. The first-order valence-electron chi connectivity index (χ1n) is 23.7. The number of thiol groups is 1. The molecule has 0 fully saturated rings. The standard InChI is InChI=1S/C48H70N12O11S2/c1-26(2)40(60-42(64)31(50)21-29-23-52-32-15-9-8-14-30(29)32)47(69)58-35(20-28-12-6-5-7-13-28)43(65)53-24-39(62)55-36(22-38(51)61)45(67)54-27(3)41(63)56-33(17-19-73-4)44(66)59-37(25-72)46(68)57-34(48(70)71)16-10-11-18-49/h5-9,12-15,23,26-27,31,33-37,40,52,72H,10-11,16-22,24-25,49-50H2,1-4H3,(H2,51,61)(H,53,65)(H,54,67)(H,55,62)(H,56,63)(H,57,68)(H,58,69)(H,59,66)(H,60,64)(H,70,71)/t27-,31-,33-,34-,35-,36-,37-,40-/m0/s1. The molecule has 400 valence electrons. The maximum absolute atomic E-state index is 13.8. The van der Waals surface area contributed by atoms with Crippen molar-refractivity contribution in [2.24, 2.45) is 23.1 Å². The summed E-state index contributed by atoms with van der Waals surface area (Å²) in [6.07, 6.45) is 4.12. The van der Waals surface area contributed by atoms with Crippen LogP contribution in [-0.2, 0) is 60.8 Å². The summed E-state index contributed by atoms with van der Waals surface area (Å²) in [5, 5.41) is 30.5. The van der Waals surface area contributed by atoms with E-state index in [9.17, 15) is 53.1 Å². The maximum atomic E-state index is 13.8. The van der Waals surface area contributed by atoms with E-state index in [1.165, 1.54) is 18.7 Å². The molecular weight excluding hydrogens is 985 g/mol. The van der Waals surface area contributed by atoms with Crippen LogP contribution in [0.1, 0.15) is 64.0 Å². The summed E-state index contributed by atoms with van der Waals surface area (Å²) in [6.45, 7) is 4.29. The number of amides is 9. The molecule has 3 aromatic rings. The van der Waals surface area contributed by atoms with Gasteiger partial charge >= 0.3 is 5.97 Å². The van der Waals surface area contributed by atoms with Crippen LogP contribution in [0, 0.1) is 5.92 Å². The predicted octanol–water partition coefficient (Wildman–Crippen LogP) is -1.76. The lowest BCUT2D eigenvalue weighted by Gasteiger charge is -2.26. The van der Waals surface area contributed by atoms with Crippen molar-refractivity contribution < 1.29 is 53.1 Å². The van der Waals surface area contributed by atoms with Crippen molar-refractivity contribution in [3.8, 4) is 0 Å². The highest BCUT2D eigenvalue weighted by atomic mass is 32.2. The number of hydrogen-bond acceptors (Lipinski definition) is 14. The van der Waals surface area contributed by atoms with Crippen molar-refractivity contribution in [1.29, 1.82) is 0 Å². The Morgan fingerprint density at radius 1 is 0.671 bits per heavy atom. The third-order valence-electron chi connectivity index (χ3n) is 11.5. The van der Waals surface area contributed by atoms with Crippen molar-refractivity contribution in [2.45, 2.75) is 114 Å². The summed E-state index contributed by atoms with van der Waals surface area (Å²) < 4.78 is 0. The Bertz CT molecular complexity index is 2370. The number of aliphatic carboxylic acids is 1. The molecule has 0 aliphatic carbocycles. The third kappa shape index (κ3) is 20.4. The fourth-order valence-electron chi connectivity index (χ4n) is 7.36. The highest BCUT2D eigenvalue weighted by molar-refractivity contribution is 7.98. The van der Waals surface area contributed by atoms with E-state index in [1.54, 1.807) is 56.6 Å². The van der Waals surface area contributed by atoms with Gasteiger partial charge in [-0.2, -0.15) is 24.4 Å². The molecule has 23 nitrogen and oxygen atoms in total. The summed E-state index contributed by atoms with van der Waals surface area (Å²) >= 11 is 5.51. The van der Waals surface area contributed by atoms with Gasteiger partial charge in [0.15, 0.2) is 0 Å². The number of primary amides is 1. The number of H-pyrrole nitrogens is 1. The first-order valence-corrected chi connectivity index (χ1v) is 25.8. The number of aromatic amines is 1. The summed E-state index contributed by atoms with van der Waals surface area (Å²) in [4.78, 5) is 134. The minimum Gasteiger partial charge on any atom is -0.480 e. The Labute approximate surface area is 433 Å². The molecule has 16 N–H and O–H groups in total. The van der Waals surface area contributed by atoms with E-state index in [2.05, 4.69) is 60.1 Å². The van der Waals surface area contributed by atoms with Gasteiger partial charge in [0.1, 0.15) is 42.3 Å². The summed E-state index contributed by atoms with van der Waals surface area (Å²) in [5.74, 6) is -9.07. The van der Waals surface area contributed by atoms with Crippen LogP contribution in [0.5, 0.6) is 0 Å². The predicted molar refractivity (Wildman–Crippen MR) is 278 cm³/mol. The summed E-state index contributed by atoms with van der Waals surface area (Å²) in [7, 11) is 0. The number of unbranched alkanes of at least 4 members (excludes halogenated alkanes) is 1. The first-order chi connectivity index (χ1) is 34.7. The van der Waals surface area contributed by atoms with Crippen LogP contribution in [0.25, 0.3) is 10.9 Å². The first kappa shape index (κ1) is 60.6. The van der Waals surface area contributed by atoms with Gasteiger partial charge in [0.05, 0.1) is 19.0 Å². The lowest BCUT2D eigenvalue weighted by Crippen LogP contribution is -2.59. The van der Waals surface area contributed by atoms with Gasteiger partial charge in [-0.05, 0) is 80.7 Å². The molecule has 3 rings (SSSR count). The normalized spacial score (nSPS) is 14.4. The van der Waals surface area contributed by atoms with Crippen LogP contribution >= 0.6 is 24.4 Å². The number of aromatic nitrogens is 1. The lowest BCUT2D eigenvalue weighted by molar-refractivity contribution is -0.142. The number of carbonyl (C=O) groups excluding carboxylic acids is 9. The minimum atomic E-state index is -1.63. The highest BCUT2D eigenvalue weighted by Crippen LogP contribution is 2.19. The molecule has 0 aliphatic rings. The van der Waals surface area contributed by atoms with Crippen molar-refractivity contribution in [3.05, 3.63) is 71.9 Å². The minimum absolute atomic E-state index is 0.0282. The fourth-order valence-corrected chi connectivity index (χ4v) is 8.09. The molecule has 73 heavy (non-hydrogen) atoms. The van der Waals surface area contributed by atoms with E-state index in [0.717, 1.165) is 16.5 Å². The largest absolute Gasteiger partial charge is 0.480 e. The maximum Gasteiger partial charge on any atom is 0.326 e. The summed E-state index contributed by atoms with van der Waals surface area (Å²) in [5.41, 5.74) is 19.5. The molecule has 0 bridgehead atoms. The zero-order chi connectivity index (χ0) is 54.2. The number of nitrogens with one attached hydrogen (secondary N) is 9. The summed E-state index contributed by atoms with van der Waals surface area (Å²) in [6, 6.07) is 6.06. The van der Waals surface area contributed by atoms with Crippen molar-refractivity contribution >= 4 is 94.4 Å². The Morgan fingerprint density at radius 2 is 1.29 bits per heavy atom. The second-order valence-corrected chi connectivity index (χ2v) is 19.0. The number of carboxylic acids is 1. The Hall–Kier alpha value is -6.70. The zero-order valence-electron chi connectivity index (χ0n) is 41.4. The van der Waals surface area contributed by atoms with Gasteiger partial charge in [-0.15, -0.1) is 0 Å². The number of rotatable bonds is 32. The van der Waals surface area contributed by atoms with E-state index in [1.807, 2.05) is 24.3 Å². The van der Waals surface area contributed by atoms with Crippen LogP contribution in [0.4, 0.5) is 0 Å². The topological polar surface area (TPSA) is 381 Å². The highest BCUT2D eigenvalue weighted by Gasteiger charge is 2.33. The molecule has 0 saturated carbocycles. The van der Waals surface area contributed by atoms with Gasteiger partial charge < -0.3 is 69.8 Å². The van der Waals surface area contributed by atoms with Crippen LogP contribution in [0.3, 0.4) is 0 Å². The second kappa shape index (κ2) is 31.0. The molecule has 1 heterocycles. The molecule has 2 aromatic carbocycles. The van der Waals surface area contributed by atoms with Gasteiger partial charge in [0.25, 0.3) is 0 Å². The quantitative estimate of drug-likeness (QED) is 0.0243. The zero-order valence-corrected chi connectivity index (χ0v) is 43.1. The number of fused-ring (bicyclic) bond motifs is 1.